The van der Waals surface area contributed by atoms with Gasteiger partial charge in [0, 0.05) is 18.2 Å². The molecule has 25 heavy (non-hydrogen) atoms. The number of rotatable bonds is 4. The summed E-state index contributed by atoms with van der Waals surface area (Å²) in [4.78, 5) is 23.2. The third kappa shape index (κ3) is 4.35. The summed E-state index contributed by atoms with van der Waals surface area (Å²) >= 11 is 0. The number of hydrogen-bond donors (Lipinski definition) is 2. The Balaban J connectivity index is 1.64. The first-order valence-electron chi connectivity index (χ1n) is 7.72. The van der Waals surface area contributed by atoms with Crippen LogP contribution in [0, 0.1) is 0 Å². The van der Waals surface area contributed by atoms with E-state index >= 15 is 0 Å². The van der Waals surface area contributed by atoms with E-state index in [4.69, 9.17) is 9.47 Å². The molecule has 0 saturated heterocycles. The van der Waals surface area contributed by atoms with Gasteiger partial charge in [0.2, 0.25) is 5.91 Å². The van der Waals surface area contributed by atoms with Crippen molar-refractivity contribution in [3.63, 3.8) is 0 Å². The summed E-state index contributed by atoms with van der Waals surface area (Å²) in [5.41, 5.74) is 4.17. The van der Waals surface area contributed by atoms with Gasteiger partial charge in [-0.05, 0) is 42.0 Å². The minimum absolute atomic E-state index is 0.200. The van der Waals surface area contributed by atoms with Crippen molar-refractivity contribution in [2.24, 2.45) is 5.10 Å². The third-order valence-corrected chi connectivity index (χ3v) is 3.39. The molecule has 1 aliphatic heterocycles. The maximum Gasteiger partial charge on any atom is 0.271 e. The predicted molar refractivity (Wildman–Crippen MR) is 93.2 cm³/mol. The van der Waals surface area contributed by atoms with E-state index in [2.05, 4.69) is 15.8 Å². The standard InChI is InChI=1S/C18H17N3O4/c1-12(22)20-15-4-2-3-14(10-15)18(23)21-19-11-13-5-6-16-17(9-13)25-8-7-24-16/h2-6,9-11H,7-8H2,1H3,(H,20,22)(H,21,23)/b19-11-. The van der Waals surface area contributed by atoms with E-state index in [1.807, 2.05) is 6.07 Å². The van der Waals surface area contributed by atoms with Gasteiger partial charge in [-0.25, -0.2) is 5.43 Å². The fourth-order valence-corrected chi connectivity index (χ4v) is 2.31. The van der Waals surface area contributed by atoms with Gasteiger partial charge in [-0.15, -0.1) is 0 Å². The zero-order chi connectivity index (χ0) is 17.6. The van der Waals surface area contributed by atoms with Gasteiger partial charge in [-0.2, -0.15) is 5.10 Å². The van der Waals surface area contributed by atoms with Crippen LogP contribution in [-0.4, -0.2) is 31.2 Å². The van der Waals surface area contributed by atoms with Gasteiger partial charge < -0.3 is 14.8 Å². The fraction of sp³-hybridized carbons (Fsp3) is 0.167. The second kappa shape index (κ2) is 7.48. The first kappa shape index (κ1) is 16.5. The van der Waals surface area contributed by atoms with E-state index in [1.54, 1.807) is 36.4 Å². The molecule has 0 radical (unpaired) electrons. The minimum Gasteiger partial charge on any atom is -0.486 e. The van der Waals surface area contributed by atoms with Crippen molar-refractivity contribution in [2.75, 3.05) is 18.5 Å². The van der Waals surface area contributed by atoms with Gasteiger partial charge >= 0.3 is 0 Å². The molecule has 1 aliphatic rings. The highest BCUT2D eigenvalue weighted by Crippen LogP contribution is 2.30. The number of carbonyl (C=O) groups excluding carboxylic acids is 2. The van der Waals surface area contributed by atoms with E-state index in [9.17, 15) is 9.59 Å². The summed E-state index contributed by atoms with van der Waals surface area (Å²) in [6, 6.07) is 12.0. The molecule has 2 aromatic carbocycles. The van der Waals surface area contributed by atoms with Crippen molar-refractivity contribution in [2.45, 2.75) is 6.92 Å². The van der Waals surface area contributed by atoms with Crippen molar-refractivity contribution in [3.05, 3.63) is 53.6 Å². The smallest absolute Gasteiger partial charge is 0.271 e. The number of benzene rings is 2. The summed E-state index contributed by atoms with van der Waals surface area (Å²) in [7, 11) is 0. The van der Waals surface area contributed by atoms with E-state index in [0.717, 1.165) is 5.56 Å². The average molecular weight is 339 g/mol. The molecule has 7 heteroatoms. The summed E-state index contributed by atoms with van der Waals surface area (Å²) < 4.78 is 10.9. The molecule has 0 fully saturated rings. The Labute approximate surface area is 144 Å². The molecule has 0 bridgehead atoms. The molecule has 1 heterocycles. The van der Waals surface area contributed by atoms with Crippen LogP contribution in [0.3, 0.4) is 0 Å². The highest BCUT2D eigenvalue weighted by Gasteiger charge is 2.11. The fourth-order valence-electron chi connectivity index (χ4n) is 2.31. The summed E-state index contributed by atoms with van der Waals surface area (Å²) in [6.07, 6.45) is 1.52. The monoisotopic (exact) mass is 339 g/mol. The topological polar surface area (TPSA) is 89.0 Å². The van der Waals surface area contributed by atoms with Crippen molar-refractivity contribution >= 4 is 23.7 Å². The van der Waals surface area contributed by atoms with Gasteiger partial charge in [0.05, 0.1) is 6.21 Å². The predicted octanol–water partition coefficient (Wildman–Crippen LogP) is 2.18. The van der Waals surface area contributed by atoms with Crippen LogP contribution in [0.4, 0.5) is 5.69 Å². The molecule has 0 spiro atoms. The number of ether oxygens (including phenoxy) is 2. The van der Waals surface area contributed by atoms with Gasteiger partial charge in [0.1, 0.15) is 13.2 Å². The van der Waals surface area contributed by atoms with Gasteiger partial charge in [0.25, 0.3) is 5.91 Å². The molecule has 2 N–H and O–H groups in total. The Morgan fingerprint density at radius 2 is 1.88 bits per heavy atom. The highest BCUT2D eigenvalue weighted by atomic mass is 16.6. The molecule has 0 saturated carbocycles. The van der Waals surface area contributed by atoms with Crippen molar-refractivity contribution in [1.82, 2.24) is 5.43 Å². The maximum atomic E-state index is 12.1. The lowest BCUT2D eigenvalue weighted by molar-refractivity contribution is -0.114. The van der Waals surface area contributed by atoms with Crippen LogP contribution in [0.2, 0.25) is 0 Å². The van der Waals surface area contributed by atoms with Crippen molar-refractivity contribution in [3.8, 4) is 11.5 Å². The molecule has 0 unspecified atom stereocenters. The van der Waals surface area contributed by atoms with E-state index in [1.165, 1.54) is 13.1 Å². The van der Waals surface area contributed by atoms with Crippen LogP contribution in [0.25, 0.3) is 0 Å². The SMILES string of the molecule is CC(=O)Nc1cccc(C(=O)N/N=C\c2ccc3c(c2)OCCO3)c1. The second-order valence-corrected chi connectivity index (χ2v) is 5.36. The number of amides is 2. The lowest BCUT2D eigenvalue weighted by atomic mass is 10.2. The van der Waals surface area contributed by atoms with Crippen molar-refractivity contribution < 1.29 is 19.1 Å². The molecular weight excluding hydrogens is 322 g/mol. The molecule has 128 valence electrons. The quantitative estimate of drug-likeness (QED) is 0.660. The Morgan fingerprint density at radius 1 is 1.08 bits per heavy atom. The number of hydrogen-bond acceptors (Lipinski definition) is 5. The zero-order valence-electron chi connectivity index (χ0n) is 13.6. The minimum atomic E-state index is -0.374. The zero-order valence-corrected chi connectivity index (χ0v) is 13.6. The Morgan fingerprint density at radius 3 is 2.68 bits per heavy atom. The lowest BCUT2D eigenvalue weighted by Crippen LogP contribution is -2.18. The van der Waals surface area contributed by atoms with Gasteiger partial charge in [0.15, 0.2) is 11.5 Å². The van der Waals surface area contributed by atoms with Crippen LogP contribution in [0.5, 0.6) is 11.5 Å². The summed E-state index contributed by atoms with van der Waals surface area (Å²) in [6.45, 7) is 2.45. The number of nitrogens with zero attached hydrogens (tertiary/aromatic N) is 1. The normalized spacial score (nSPS) is 12.7. The Bertz CT molecular complexity index is 833. The maximum absolute atomic E-state index is 12.1. The first-order chi connectivity index (χ1) is 12.1. The molecule has 3 rings (SSSR count). The molecule has 7 nitrogen and oxygen atoms in total. The van der Waals surface area contributed by atoms with Gasteiger partial charge in [-0.1, -0.05) is 6.07 Å². The molecule has 2 aromatic rings. The number of anilines is 1. The van der Waals surface area contributed by atoms with E-state index < -0.39 is 0 Å². The van der Waals surface area contributed by atoms with Crippen LogP contribution in [-0.2, 0) is 4.79 Å². The van der Waals surface area contributed by atoms with Gasteiger partial charge in [-0.3, -0.25) is 9.59 Å². The largest absolute Gasteiger partial charge is 0.486 e. The molecule has 0 aromatic heterocycles. The third-order valence-electron chi connectivity index (χ3n) is 3.39. The molecule has 2 amide bonds. The van der Waals surface area contributed by atoms with Crippen LogP contribution < -0.4 is 20.2 Å². The summed E-state index contributed by atoms with van der Waals surface area (Å²) in [5.74, 6) is 0.780. The van der Waals surface area contributed by atoms with E-state index in [0.29, 0.717) is 36.0 Å². The number of carbonyl (C=O) groups is 2. The molecular formula is C18H17N3O4. The Kier molecular flexibility index (Phi) is 4.94. The number of nitrogens with one attached hydrogen (secondary N) is 2. The van der Waals surface area contributed by atoms with Crippen LogP contribution in [0.1, 0.15) is 22.8 Å². The van der Waals surface area contributed by atoms with Crippen LogP contribution >= 0.6 is 0 Å². The first-order valence-corrected chi connectivity index (χ1v) is 7.72. The highest BCUT2D eigenvalue weighted by molar-refractivity contribution is 5.97. The average Bonchev–Trinajstić information content (AvgIpc) is 2.61. The van der Waals surface area contributed by atoms with Crippen LogP contribution in [0.15, 0.2) is 47.6 Å². The molecule has 0 aliphatic carbocycles. The Hall–Kier alpha value is -3.35. The lowest BCUT2D eigenvalue weighted by Gasteiger charge is -2.18. The second-order valence-electron chi connectivity index (χ2n) is 5.36. The van der Waals surface area contributed by atoms with Crippen molar-refractivity contribution in [1.29, 1.82) is 0 Å². The molecule has 0 atom stereocenters. The number of fused-ring (bicyclic) bond motifs is 1. The van der Waals surface area contributed by atoms with E-state index in [-0.39, 0.29) is 11.8 Å². The summed E-state index contributed by atoms with van der Waals surface area (Å²) in [5, 5.41) is 6.58. The number of hydrazone groups is 1.